The van der Waals surface area contributed by atoms with Gasteiger partial charge in [0.1, 0.15) is 0 Å². The molecule has 2 N–H and O–H groups in total. The number of hydrogen-bond donors (Lipinski definition) is 2. The first-order chi connectivity index (χ1) is 10.2. The Bertz CT molecular complexity index is 730. The summed E-state index contributed by atoms with van der Waals surface area (Å²) in [5, 5.41) is 4.04. The van der Waals surface area contributed by atoms with E-state index in [0.717, 1.165) is 17.4 Å². The Morgan fingerprint density at radius 2 is 2.33 bits per heavy atom. The summed E-state index contributed by atoms with van der Waals surface area (Å²) in [5.74, 6) is 0.315. The number of nitrogens with zero attached hydrogens (tertiary/aromatic N) is 2. The number of carbonyl (C=O) groups excluding carboxylic acids is 1. The zero-order valence-corrected chi connectivity index (χ0v) is 11.9. The molecule has 0 saturated heterocycles. The van der Waals surface area contributed by atoms with Crippen LogP contribution in [-0.2, 0) is 6.54 Å². The van der Waals surface area contributed by atoms with Gasteiger partial charge in [-0.1, -0.05) is 6.92 Å². The van der Waals surface area contributed by atoms with Crippen LogP contribution in [0.2, 0.25) is 0 Å². The standard InChI is InChI=1S/C16H18N4O/c1-12(10-20-7-6-17-11-20)9-19-16(21)14-2-3-15-13(8-14)4-5-18-15/h2-8,11-12,18H,9-10H2,1H3,(H,19,21)/t12-/m0/s1. The molecule has 0 saturated carbocycles. The smallest absolute Gasteiger partial charge is 0.251 e. The molecule has 2 heterocycles. The van der Waals surface area contributed by atoms with E-state index in [-0.39, 0.29) is 5.91 Å². The van der Waals surface area contributed by atoms with Gasteiger partial charge >= 0.3 is 0 Å². The predicted octanol–water partition coefficient (Wildman–Crippen LogP) is 2.43. The van der Waals surface area contributed by atoms with Crippen LogP contribution in [0.3, 0.4) is 0 Å². The van der Waals surface area contributed by atoms with Crippen LogP contribution >= 0.6 is 0 Å². The van der Waals surface area contributed by atoms with E-state index in [1.54, 1.807) is 12.5 Å². The van der Waals surface area contributed by atoms with Crippen LogP contribution in [0.15, 0.2) is 49.2 Å². The minimum atomic E-state index is -0.0319. The molecule has 0 aliphatic heterocycles. The van der Waals surface area contributed by atoms with Gasteiger partial charge in [-0.05, 0) is 30.2 Å². The lowest BCUT2D eigenvalue weighted by Gasteiger charge is -2.13. The maximum absolute atomic E-state index is 12.2. The molecule has 0 bridgehead atoms. The molecule has 0 aliphatic rings. The number of imidazole rings is 1. The van der Waals surface area contributed by atoms with Crippen LogP contribution in [-0.4, -0.2) is 27.0 Å². The van der Waals surface area contributed by atoms with E-state index >= 15 is 0 Å². The zero-order valence-electron chi connectivity index (χ0n) is 11.9. The van der Waals surface area contributed by atoms with Crippen LogP contribution in [0.25, 0.3) is 10.9 Å². The summed E-state index contributed by atoms with van der Waals surface area (Å²) in [5.41, 5.74) is 1.73. The Kier molecular flexibility index (Phi) is 3.73. The lowest BCUT2D eigenvalue weighted by molar-refractivity contribution is 0.0947. The molecule has 0 radical (unpaired) electrons. The fraction of sp³-hybridized carbons (Fsp3) is 0.250. The Balaban J connectivity index is 1.58. The first kappa shape index (κ1) is 13.4. The Morgan fingerprint density at radius 3 is 3.14 bits per heavy atom. The van der Waals surface area contributed by atoms with E-state index in [1.165, 1.54) is 0 Å². The van der Waals surface area contributed by atoms with E-state index < -0.39 is 0 Å². The topological polar surface area (TPSA) is 62.7 Å². The van der Waals surface area contributed by atoms with Gasteiger partial charge in [-0.25, -0.2) is 4.98 Å². The summed E-state index contributed by atoms with van der Waals surface area (Å²) < 4.78 is 2.02. The van der Waals surface area contributed by atoms with Gasteiger partial charge in [0.05, 0.1) is 6.33 Å². The number of carbonyl (C=O) groups is 1. The second-order valence-electron chi connectivity index (χ2n) is 5.35. The minimum Gasteiger partial charge on any atom is -0.361 e. The molecule has 0 aliphatic carbocycles. The molecule has 3 aromatic rings. The van der Waals surface area contributed by atoms with Crippen molar-refractivity contribution in [2.75, 3.05) is 6.54 Å². The summed E-state index contributed by atoms with van der Waals surface area (Å²) in [7, 11) is 0. The maximum atomic E-state index is 12.2. The molecule has 0 fully saturated rings. The molecule has 1 amide bonds. The van der Waals surface area contributed by atoms with Gasteiger partial charge in [-0.15, -0.1) is 0 Å². The normalized spacial score (nSPS) is 12.4. The second-order valence-corrected chi connectivity index (χ2v) is 5.35. The summed E-state index contributed by atoms with van der Waals surface area (Å²) in [6.07, 6.45) is 7.35. The highest BCUT2D eigenvalue weighted by Gasteiger charge is 2.09. The van der Waals surface area contributed by atoms with Gasteiger partial charge in [0.15, 0.2) is 0 Å². The number of hydrogen-bond acceptors (Lipinski definition) is 2. The fourth-order valence-electron chi connectivity index (χ4n) is 2.38. The van der Waals surface area contributed by atoms with Crippen LogP contribution < -0.4 is 5.32 Å². The Morgan fingerprint density at radius 1 is 1.43 bits per heavy atom. The van der Waals surface area contributed by atoms with Crippen molar-refractivity contribution in [2.24, 2.45) is 5.92 Å². The number of fused-ring (bicyclic) bond motifs is 1. The van der Waals surface area contributed by atoms with Gasteiger partial charge in [0.25, 0.3) is 5.91 Å². The van der Waals surface area contributed by atoms with E-state index in [2.05, 4.69) is 22.2 Å². The first-order valence-corrected chi connectivity index (χ1v) is 7.03. The molecular weight excluding hydrogens is 264 g/mol. The molecule has 108 valence electrons. The second kappa shape index (κ2) is 5.83. The number of rotatable bonds is 5. The van der Waals surface area contributed by atoms with Crippen molar-refractivity contribution in [1.82, 2.24) is 19.9 Å². The number of amides is 1. The number of nitrogens with one attached hydrogen (secondary N) is 2. The lowest BCUT2D eigenvalue weighted by Crippen LogP contribution is -2.29. The van der Waals surface area contributed by atoms with E-state index in [9.17, 15) is 4.79 Å². The average Bonchev–Trinajstić information content (AvgIpc) is 3.14. The molecule has 3 rings (SSSR count). The third-order valence-electron chi connectivity index (χ3n) is 3.51. The van der Waals surface area contributed by atoms with Crippen molar-refractivity contribution < 1.29 is 4.79 Å². The summed E-state index contributed by atoms with van der Waals surface area (Å²) >= 11 is 0. The van der Waals surface area contributed by atoms with Crippen molar-refractivity contribution in [1.29, 1.82) is 0 Å². The van der Waals surface area contributed by atoms with Crippen LogP contribution in [0.1, 0.15) is 17.3 Å². The molecule has 2 aromatic heterocycles. The number of aromatic nitrogens is 3. The fourth-order valence-corrected chi connectivity index (χ4v) is 2.38. The monoisotopic (exact) mass is 282 g/mol. The van der Waals surface area contributed by atoms with E-state index in [1.807, 2.05) is 41.2 Å². The molecule has 21 heavy (non-hydrogen) atoms. The molecule has 1 aromatic carbocycles. The van der Waals surface area contributed by atoms with Gasteiger partial charge in [-0.2, -0.15) is 0 Å². The van der Waals surface area contributed by atoms with Gasteiger partial charge in [0, 0.05) is 48.1 Å². The number of H-pyrrole nitrogens is 1. The highest BCUT2D eigenvalue weighted by molar-refractivity contribution is 5.98. The molecule has 0 unspecified atom stereocenters. The average molecular weight is 282 g/mol. The van der Waals surface area contributed by atoms with Crippen LogP contribution in [0, 0.1) is 5.92 Å². The van der Waals surface area contributed by atoms with Gasteiger partial charge in [0.2, 0.25) is 0 Å². The third kappa shape index (κ3) is 3.13. The molecule has 5 heteroatoms. The van der Waals surface area contributed by atoms with Gasteiger partial charge < -0.3 is 14.9 Å². The predicted molar refractivity (Wildman–Crippen MR) is 82.0 cm³/mol. The molecular formula is C16H18N4O. The minimum absolute atomic E-state index is 0.0319. The Hall–Kier alpha value is -2.56. The lowest BCUT2D eigenvalue weighted by atomic mass is 10.1. The molecule has 1 atom stereocenters. The van der Waals surface area contributed by atoms with Crippen molar-refractivity contribution in [2.45, 2.75) is 13.5 Å². The summed E-state index contributed by atoms with van der Waals surface area (Å²) in [4.78, 5) is 19.3. The van der Waals surface area contributed by atoms with Crippen molar-refractivity contribution >= 4 is 16.8 Å². The SMILES string of the molecule is C[C@@H](CNC(=O)c1ccc2[nH]ccc2c1)Cn1ccnc1. The summed E-state index contributed by atoms with van der Waals surface area (Å²) in [6.45, 7) is 3.59. The zero-order chi connectivity index (χ0) is 14.7. The van der Waals surface area contributed by atoms with Gasteiger partial charge in [-0.3, -0.25) is 4.79 Å². The highest BCUT2D eigenvalue weighted by Crippen LogP contribution is 2.14. The third-order valence-corrected chi connectivity index (χ3v) is 3.51. The van der Waals surface area contributed by atoms with Crippen molar-refractivity contribution in [3.63, 3.8) is 0 Å². The number of benzene rings is 1. The maximum Gasteiger partial charge on any atom is 0.251 e. The largest absolute Gasteiger partial charge is 0.361 e. The quantitative estimate of drug-likeness (QED) is 0.755. The van der Waals surface area contributed by atoms with Crippen molar-refractivity contribution in [3.05, 3.63) is 54.7 Å². The molecule has 5 nitrogen and oxygen atoms in total. The first-order valence-electron chi connectivity index (χ1n) is 7.03. The van der Waals surface area contributed by atoms with Crippen LogP contribution in [0.4, 0.5) is 0 Å². The summed E-state index contributed by atoms with van der Waals surface area (Å²) in [6, 6.07) is 7.64. The van der Waals surface area contributed by atoms with Crippen LogP contribution in [0.5, 0.6) is 0 Å². The number of aromatic amines is 1. The molecule has 0 spiro atoms. The van der Waals surface area contributed by atoms with E-state index in [0.29, 0.717) is 18.0 Å². The highest BCUT2D eigenvalue weighted by atomic mass is 16.1. The van der Waals surface area contributed by atoms with Crippen molar-refractivity contribution in [3.8, 4) is 0 Å². The Labute approximate surface area is 123 Å². The van der Waals surface area contributed by atoms with E-state index in [4.69, 9.17) is 0 Å².